The number of hydrogen-bond acceptors (Lipinski definition) is 5. The molecular formula is C10H18N4O2. The molecule has 0 radical (unpaired) electrons. The Kier molecular flexibility index (Phi) is 4.42. The predicted molar refractivity (Wildman–Crippen MR) is 58.5 cm³/mol. The normalized spacial score (nSPS) is 12.8. The average Bonchev–Trinajstić information content (AvgIpc) is 2.62. The largest absolute Gasteiger partial charge is 0.469 e. The van der Waals surface area contributed by atoms with Gasteiger partial charge in [-0.2, -0.15) is 0 Å². The molecule has 1 aromatic heterocycles. The van der Waals surface area contributed by atoms with Gasteiger partial charge in [-0.15, -0.1) is 5.10 Å². The van der Waals surface area contributed by atoms with Gasteiger partial charge < -0.3 is 4.74 Å². The fourth-order valence-corrected chi connectivity index (χ4v) is 1.55. The van der Waals surface area contributed by atoms with Crippen molar-refractivity contribution < 1.29 is 9.53 Å². The first-order valence-electron chi connectivity index (χ1n) is 5.14. The summed E-state index contributed by atoms with van der Waals surface area (Å²) in [6.45, 7) is 3.16. The van der Waals surface area contributed by atoms with Crippen molar-refractivity contribution in [3.63, 3.8) is 0 Å². The van der Waals surface area contributed by atoms with Gasteiger partial charge in [-0.1, -0.05) is 12.1 Å². The minimum Gasteiger partial charge on any atom is -0.469 e. The Balaban J connectivity index is 2.41. The van der Waals surface area contributed by atoms with Crippen LogP contribution in [0.25, 0.3) is 0 Å². The lowest BCUT2D eigenvalue weighted by molar-refractivity contribution is -0.145. The highest BCUT2D eigenvalue weighted by atomic mass is 16.5. The molecular weight excluding hydrogens is 208 g/mol. The summed E-state index contributed by atoms with van der Waals surface area (Å²) in [5.74, 6) is -0.322. The maximum atomic E-state index is 11.2. The van der Waals surface area contributed by atoms with Gasteiger partial charge in [0, 0.05) is 26.3 Å². The zero-order valence-electron chi connectivity index (χ0n) is 10.2. The molecule has 0 N–H and O–H groups in total. The van der Waals surface area contributed by atoms with Crippen LogP contribution in [-0.2, 0) is 23.1 Å². The number of esters is 1. The number of nitrogens with zero attached hydrogens (tertiary/aromatic N) is 4. The van der Waals surface area contributed by atoms with Crippen molar-refractivity contribution in [3.8, 4) is 0 Å². The number of aryl methyl sites for hydroxylation is 1. The molecule has 16 heavy (non-hydrogen) atoms. The fraction of sp³-hybridized carbons (Fsp3) is 0.700. The third kappa shape index (κ3) is 3.62. The van der Waals surface area contributed by atoms with Crippen LogP contribution in [0.5, 0.6) is 0 Å². The monoisotopic (exact) mass is 226 g/mol. The average molecular weight is 226 g/mol. The molecule has 0 aliphatic carbocycles. The lowest BCUT2D eigenvalue weighted by Crippen LogP contribution is -2.29. The number of ether oxygens (including phenoxy) is 1. The van der Waals surface area contributed by atoms with Gasteiger partial charge in [0.2, 0.25) is 0 Å². The molecule has 1 atom stereocenters. The van der Waals surface area contributed by atoms with E-state index in [1.54, 1.807) is 4.68 Å². The summed E-state index contributed by atoms with van der Waals surface area (Å²) in [5, 5.41) is 7.83. The van der Waals surface area contributed by atoms with E-state index < -0.39 is 0 Å². The van der Waals surface area contributed by atoms with Crippen LogP contribution in [0.2, 0.25) is 0 Å². The molecule has 0 aliphatic heterocycles. The summed E-state index contributed by atoms with van der Waals surface area (Å²) >= 11 is 0. The molecule has 0 amide bonds. The number of hydrogen-bond donors (Lipinski definition) is 0. The van der Waals surface area contributed by atoms with Crippen LogP contribution in [0.15, 0.2) is 6.20 Å². The smallest absolute Gasteiger partial charge is 0.309 e. The van der Waals surface area contributed by atoms with Gasteiger partial charge in [0.25, 0.3) is 0 Å². The van der Waals surface area contributed by atoms with E-state index in [0.717, 1.165) is 5.69 Å². The quantitative estimate of drug-likeness (QED) is 0.664. The highest BCUT2D eigenvalue weighted by Gasteiger charge is 2.15. The van der Waals surface area contributed by atoms with Crippen molar-refractivity contribution in [2.75, 3.05) is 20.7 Å². The van der Waals surface area contributed by atoms with Gasteiger partial charge in [0.15, 0.2) is 0 Å². The SMILES string of the molecule is COC(=O)C(C)CN(C)Cc1cn(C)nn1. The Bertz CT molecular complexity index is 350. The van der Waals surface area contributed by atoms with Gasteiger partial charge in [-0.3, -0.25) is 14.4 Å². The van der Waals surface area contributed by atoms with Crippen molar-refractivity contribution in [1.82, 2.24) is 19.9 Å². The van der Waals surface area contributed by atoms with Crippen molar-refractivity contribution in [2.45, 2.75) is 13.5 Å². The van der Waals surface area contributed by atoms with Crippen molar-refractivity contribution in [1.29, 1.82) is 0 Å². The van der Waals surface area contributed by atoms with E-state index in [0.29, 0.717) is 13.1 Å². The molecule has 1 aromatic rings. The Hall–Kier alpha value is -1.43. The summed E-state index contributed by atoms with van der Waals surface area (Å²) in [5.41, 5.74) is 0.891. The number of aromatic nitrogens is 3. The Morgan fingerprint density at radius 3 is 2.88 bits per heavy atom. The van der Waals surface area contributed by atoms with Crippen LogP contribution in [0.3, 0.4) is 0 Å². The standard InChI is InChI=1S/C10H18N4O2/c1-8(10(15)16-4)5-13(2)6-9-7-14(3)12-11-9/h7-8H,5-6H2,1-4H3. The van der Waals surface area contributed by atoms with Gasteiger partial charge in [-0.05, 0) is 7.05 Å². The van der Waals surface area contributed by atoms with E-state index in [-0.39, 0.29) is 11.9 Å². The third-order valence-corrected chi connectivity index (χ3v) is 2.27. The molecule has 0 fully saturated rings. The second-order valence-corrected chi connectivity index (χ2v) is 4.00. The molecule has 0 saturated heterocycles. The molecule has 0 saturated carbocycles. The second-order valence-electron chi connectivity index (χ2n) is 4.00. The first-order valence-corrected chi connectivity index (χ1v) is 5.14. The Morgan fingerprint density at radius 2 is 2.38 bits per heavy atom. The van der Waals surface area contributed by atoms with E-state index in [4.69, 9.17) is 0 Å². The second kappa shape index (κ2) is 5.60. The summed E-state index contributed by atoms with van der Waals surface area (Å²) in [4.78, 5) is 13.2. The molecule has 0 bridgehead atoms. The van der Waals surface area contributed by atoms with E-state index >= 15 is 0 Å². The Labute approximate surface area is 95.2 Å². The first-order chi connectivity index (χ1) is 7.52. The molecule has 0 aromatic carbocycles. The van der Waals surface area contributed by atoms with Gasteiger partial charge in [0.1, 0.15) is 0 Å². The lowest BCUT2D eigenvalue weighted by atomic mass is 10.2. The highest BCUT2D eigenvalue weighted by molar-refractivity contribution is 5.71. The summed E-state index contributed by atoms with van der Waals surface area (Å²) in [6.07, 6.45) is 1.86. The van der Waals surface area contributed by atoms with Crippen LogP contribution in [0, 0.1) is 5.92 Å². The van der Waals surface area contributed by atoms with Crippen molar-refractivity contribution in [2.24, 2.45) is 13.0 Å². The summed E-state index contributed by atoms with van der Waals surface area (Å²) in [6, 6.07) is 0. The molecule has 0 aliphatic rings. The topological polar surface area (TPSA) is 60.2 Å². The summed E-state index contributed by atoms with van der Waals surface area (Å²) < 4.78 is 6.33. The van der Waals surface area contributed by atoms with E-state index in [1.165, 1.54) is 7.11 Å². The van der Waals surface area contributed by atoms with Gasteiger partial charge in [0.05, 0.1) is 18.7 Å². The van der Waals surface area contributed by atoms with Crippen molar-refractivity contribution >= 4 is 5.97 Å². The molecule has 1 unspecified atom stereocenters. The molecule has 90 valence electrons. The Morgan fingerprint density at radius 1 is 1.69 bits per heavy atom. The predicted octanol–water partition coefficient (Wildman–Crippen LogP) is 0.0560. The molecule has 0 spiro atoms. The number of carbonyl (C=O) groups excluding carboxylic acids is 1. The molecule has 6 heteroatoms. The van der Waals surface area contributed by atoms with E-state index in [1.807, 2.05) is 32.1 Å². The minimum absolute atomic E-state index is 0.133. The van der Waals surface area contributed by atoms with Crippen LogP contribution in [0.4, 0.5) is 0 Å². The van der Waals surface area contributed by atoms with Crippen LogP contribution >= 0.6 is 0 Å². The summed E-state index contributed by atoms with van der Waals surface area (Å²) in [7, 11) is 5.17. The fourth-order valence-electron chi connectivity index (χ4n) is 1.55. The number of methoxy groups -OCH3 is 1. The van der Waals surface area contributed by atoms with Crippen LogP contribution in [-0.4, -0.2) is 46.6 Å². The molecule has 1 heterocycles. The van der Waals surface area contributed by atoms with Crippen molar-refractivity contribution in [3.05, 3.63) is 11.9 Å². The van der Waals surface area contributed by atoms with Crippen LogP contribution in [0.1, 0.15) is 12.6 Å². The van der Waals surface area contributed by atoms with Crippen LogP contribution < -0.4 is 0 Å². The maximum absolute atomic E-state index is 11.2. The minimum atomic E-state index is -0.189. The lowest BCUT2D eigenvalue weighted by Gasteiger charge is -2.18. The van der Waals surface area contributed by atoms with Gasteiger partial charge >= 0.3 is 5.97 Å². The maximum Gasteiger partial charge on any atom is 0.309 e. The number of rotatable bonds is 5. The zero-order valence-corrected chi connectivity index (χ0v) is 10.2. The van der Waals surface area contributed by atoms with Gasteiger partial charge in [-0.25, -0.2) is 0 Å². The molecule has 1 rings (SSSR count). The highest BCUT2D eigenvalue weighted by Crippen LogP contribution is 2.04. The number of carbonyl (C=O) groups is 1. The third-order valence-electron chi connectivity index (χ3n) is 2.27. The first kappa shape index (κ1) is 12.6. The van der Waals surface area contributed by atoms with E-state index in [2.05, 4.69) is 15.0 Å². The zero-order chi connectivity index (χ0) is 12.1. The molecule has 6 nitrogen and oxygen atoms in total. The van der Waals surface area contributed by atoms with E-state index in [9.17, 15) is 4.79 Å².